The molecule has 1 amide bonds. The average molecular weight is 406 g/mol. The molecule has 4 N–H and O–H groups in total. The first-order valence-corrected chi connectivity index (χ1v) is 9.44. The normalized spacial score (nSPS) is 14.6. The summed E-state index contributed by atoms with van der Waals surface area (Å²) < 4.78 is 2.81. The van der Waals surface area contributed by atoms with Gasteiger partial charge < -0.3 is 10.4 Å². The lowest BCUT2D eigenvalue weighted by Gasteiger charge is -2.17. The molecule has 148 valence electrons. The fourth-order valence-corrected chi connectivity index (χ4v) is 3.30. The predicted octanol–water partition coefficient (Wildman–Crippen LogP) is 1.60. The maximum Gasteiger partial charge on any atom is 0.378 e. The third-order valence-corrected chi connectivity index (χ3v) is 4.83. The van der Waals surface area contributed by atoms with Gasteiger partial charge in [-0.3, -0.25) is 9.89 Å². The minimum absolute atomic E-state index is 0.0612. The molecule has 4 rings (SSSR count). The van der Waals surface area contributed by atoms with Crippen molar-refractivity contribution in [2.75, 3.05) is 0 Å². The number of hydrogen-bond donors (Lipinski definition) is 4. The molecule has 3 aromatic heterocycles. The van der Waals surface area contributed by atoms with Crippen molar-refractivity contribution in [3.05, 3.63) is 33.2 Å². The monoisotopic (exact) mass is 405 g/mol. The second-order valence-corrected chi connectivity index (χ2v) is 8.76. The Balaban J connectivity index is 1.96. The summed E-state index contributed by atoms with van der Waals surface area (Å²) in [6, 6.07) is 1.75. The van der Waals surface area contributed by atoms with Crippen molar-refractivity contribution in [2.24, 2.45) is 5.41 Å². The molecule has 1 aliphatic rings. The molecule has 0 unspecified atom stereocenters. The number of rotatable bonds is 4. The van der Waals surface area contributed by atoms with Crippen LogP contribution in [0.15, 0.2) is 17.1 Å². The van der Waals surface area contributed by atoms with Gasteiger partial charge in [-0.15, -0.1) is 0 Å². The Morgan fingerprint density at radius 3 is 2.75 bits per heavy atom. The quantitative estimate of drug-likeness (QED) is 0.493. The Morgan fingerprint density at radius 2 is 2.18 bits per heavy atom. The summed E-state index contributed by atoms with van der Waals surface area (Å²) in [5, 5.41) is 23.6. The molecule has 0 saturated heterocycles. The molecule has 0 bridgehead atoms. The number of halogens is 1. The lowest BCUT2D eigenvalue weighted by Crippen LogP contribution is -2.47. The molecule has 0 spiro atoms. The van der Waals surface area contributed by atoms with Crippen molar-refractivity contribution in [2.45, 2.75) is 46.2 Å². The van der Waals surface area contributed by atoms with Gasteiger partial charge in [-0.05, 0) is 18.3 Å². The van der Waals surface area contributed by atoms with E-state index in [0.717, 1.165) is 12.8 Å². The molecule has 3 heterocycles. The first-order valence-electron chi connectivity index (χ1n) is 9.06. The van der Waals surface area contributed by atoms with Crippen LogP contribution in [0.3, 0.4) is 0 Å². The van der Waals surface area contributed by atoms with Crippen LogP contribution in [0.2, 0.25) is 5.02 Å². The first-order chi connectivity index (χ1) is 13.2. The summed E-state index contributed by atoms with van der Waals surface area (Å²) in [7, 11) is 0. The van der Waals surface area contributed by atoms with Crippen molar-refractivity contribution < 1.29 is 14.5 Å². The van der Waals surface area contributed by atoms with E-state index in [1.54, 1.807) is 10.6 Å². The molecular formula is C18H22ClN6O3+. The summed E-state index contributed by atoms with van der Waals surface area (Å²) >= 11 is 6.14. The van der Waals surface area contributed by atoms with E-state index in [2.05, 4.69) is 20.6 Å². The Labute approximate surface area is 165 Å². The average Bonchev–Trinajstić information content (AvgIpc) is 3.12. The van der Waals surface area contributed by atoms with Gasteiger partial charge in [0, 0.05) is 6.04 Å². The van der Waals surface area contributed by atoms with Gasteiger partial charge in [0.2, 0.25) is 5.56 Å². The van der Waals surface area contributed by atoms with Gasteiger partial charge in [0.25, 0.3) is 5.91 Å². The van der Waals surface area contributed by atoms with Crippen molar-refractivity contribution in [3.63, 3.8) is 0 Å². The minimum Gasteiger partial charge on any atom is -0.477 e. The summed E-state index contributed by atoms with van der Waals surface area (Å²) in [4.78, 5) is 25.7. The molecule has 1 aliphatic carbocycles. The maximum atomic E-state index is 13.0. The number of hydrogen-bond acceptors (Lipinski definition) is 4. The topological polar surface area (TPSA) is 119 Å². The highest BCUT2D eigenvalue weighted by Gasteiger charge is 2.35. The fraction of sp³-hybridized carbons (Fsp3) is 0.444. The maximum absolute atomic E-state index is 13.0. The molecule has 1 fully saturated rings. The molecule has 0 atom stereocenters. The summed E-state index contributed by atoms with van der Waals surface area (Å²) in [6.07, 6.45) is 3.21. The van der Waals surface area contributed by atoms with E-state index in [1.165, 1.54) is 10.7 Å². The second-order valence-electron chi connectivity index (χ2n) is 8.35. The van der Waals surface area contributed by atoms with Crippen molar-refractivity contribution in [3.8, 4) is 17.3 Å². The lowest BCUT2D eigenvalue weighted by molar-refractivity contribution is -0.692. The van der Waals surface area contributed by atoms with Crippen molar-refractivity contribution in [1.82, 2.24) is 25.1 Å². The number of carbonyl (C=O) groups is 1. The van der Waals surface area contributed by atoms with E-state index < -0.39 is 11.5 Å². The number of aromatic hydroxyl groups is 1. The number of carbonyl (C=O) groups excluding carboxylic acids is 1. The molecule has 0 aromatic carbocycles. The lowest BCUT2D eigenvalue weighted by atomic mass is 9.96. The Hall–Kier alpha value is -2.81. The number of fused-ring (bicyclic) bond motifs is 1. The van der Waals surface area contributed by atoms with E-state index in [4.69, 9.17) is 11.6 Å². The largest absolute Gasteiger partial charge is 0.477 e. The van der Waals surface area contributed by atoms with Crippen LogP contribution >= 0.6 is 11.6 Å². The summed E-state index contributed by atoms with van der Waals surface area (Å²) in [5.41, 5.74) is 0.321. The minimum atomic E-state index is -0.627. The van der Waals surface area contributed by atoms with Gasteiger partial charge in [-0.25, -0.2) is 9.89 Å². The highest BCUT2D eigenvalue weighted by molar-refractivity contribution is 6.32. The van der Waals surface area contributed by atoms with Crippen LogP contribution in [0.5, 0.6) is 5.88 Å². The van der Waals surface area contributed by atoms with Gasteiger partial charge in [0.05, 0.1) is 23.8 Å². The zero-order valence-electron chi connectivity index (χ0n) is 15.8. The Bertz CT molecular complexity index is 1130. The highest BCUT2D eigenvalue weighted by Crippen LogP contribution is 2.26. The van der Waals surface area contributed by atoms with Crippen LogP contribution in [-0.2, 0) is 6.54 Å². The predicted molar refractivity (Wildman–Crippen MR) is 102 cm³/mol. The van der Waals surface area contributed by atoms with Crippen LogP contribution in [0, 0.1) is 5.41 Å². The second kappa shape index (κ2) is 6.37. The van der Waals surface area contributed by atoms with Gasteiger partial charge in [-0.1, -0.05) is 36.9 Å². The van der Waals surface area contributed by atoms with Gasteiger partial charge in [0.15, 0.2) is 0 Å². The van der Waals surface area contributed by atoms with E-state index in [0.29, 0.717) is 28.6 Å². The third kappa shape index (κ3) is 3.26. The smallest absolute Gasteiger partial charge is 0.378 e. The molecule has 9 nitrogen and oxygen atoms in total. The number of amides is 1. The zero-order chi connectivity index (χ0) is 20.2. The Morgan fingerprint density at radius 1 is 1.46 bits per heavy atom. The van der Waals surface area contributed by atoms with Crippen molar-refractivity contribution >= 4 is 23.2 Å². The number of nitrogens with zero attached hydrogens (tertiary/aromatic N) is 3. The van der Waals surface area contributed by atoms with E-state index in [-0.39, 0.29) is 22.9 Å². The molecule has 3 aromatic rings. The van der Waals surface area contributed by atoms with Crippen LogP contribution in [0.25, 0.3) is 17.0 Å². The molecule has 10 heteroatoms. The number of aromatic nitrogens is 5. The van der Waals surface area contributed by atoms with Gasteiger partial charge in [0.1, 0.15) is 11.4 Å². The van der Waals surface area contributed by atoms with E-state index in [1.807, 2.05) is 20.8 Å². The molecule has 0 radical (unpaired) electrons. The van der Waals surface area contributed by atoms with E-state index >= 15 is 0 Å². The molecule has 28 heavy (non-hydrogen) atoms. The van der Waals surface area contributed by atoms with Crippen LogP contribution in [0.4, 0.5) is 0 Å². The van der Waals surface area contributed by atoms with Crippen molar-refractivity contribution in [1.29, 1.82) is 0 Å². The third-order valence-electron chi connectivity index (χ3n) is 4.54. The number of nitrogens with one attached hydrogen (secondary N) is 3. The van der Waals surface area contributed by atoms with Gasteiger partial charge >= 0.3 is 17.1 Å². The first kappa shape index (κ1) is 18.5. The fourth-order valence-electron chi connectivity index (χ4n) is 3.11. The standard InChI is InChI=1S/C18H21ClN6O3/c1-18(2,3)8-24-12-6-11(14-10(19)7-20-22-14)23-25(12)17(28)13(16(24)27)15(26)21-9-4-5-9/h6-7,9H,4-5,8H2,1-3H3,(H3,20,21,22,23,26,27,28)/p+1. The summed E-state index contributed by atoms with van der Waals surface area (Å²) in [5.74, 6) is -0.919. The highest BCUT2D eigenvalue weighted by atomic mass is 35.5. The molecule has 0 aliphatic heterocycles. The zero-order valence-corrected chi connectivity index (χ0v) is 16.6. The SMILES string of the molecule is CC(C)(C)C[n+]1c(O)c(C(=O)NC2CC2)c(=O)n2[nH]c(-c3[nH]ncc3Cl)cc21. The molecule has 1 saturated carbocycles. The van der Waals surface area contributed by atoms with Crippen LogP contribution in [0.1, 0.15) is 44.0 Å². The summed E-state index contributed by atoms with van der Waals surface area (Å²) in [6.45, 7) is 6.40. The van der Waals surface area contributed by atoms with Crippen LogP contribution < -0.4 is 15.4 Å². The number of H-pyrrole nitrogens is 2. The molecular weight excluding hydrogens is 384 g/mol. The van der Waals surface area contributed by atoms with Crippen LogP contribution in [-0.4, -0.2) is 36.9 Å². The van der Waals surface area contributed by atoms with Gasteiger partial charge in [-0.2, -0.15) is 9.67 Å². The number of aromatic amines is 2. The Kier molecular flexibility index (Phi) is 4.22. The van der Waals surface area contributed by atoms with E-state index in [9.17, 15) is 14.7 Å².